The lowest BCUT2D eigenvalue weighted by molar-refractivity contribution is 0.102. The standard InChI is InChI=1S/C20H22N6O/c1-3-14(2)11-17(15-7-5-4-6-8-15)26-13-16(12-24-26)25-20(27)18-19(21)23-10-9-22-18/h4-10,12-13,17H,2-3,11H2,1H3,(H2,21,23)(H,25,27). The summed E-state index contributed by atoms with van der Waals surface area (Å²) in [5.41, 5.74) is 8.63. The summed E-state index contributed by atoms with van der Waals surface area (Å²) in [5.74, 6) is -0.335. The van der Waals surface area contributed by atoms with Gasteiger partial charge in [-0.1, -0.05) is 49.4 Å². The molecule has 2 heterocycles. The Labute approximate surface area is 158 Å². The Morgan fingerprint density at radius 2 is 2.00 bits per heavy atom. The average Bonchev–Trinajstić information content (AvgIpc) is 3.14. The van der Waals surface area contributed by atoms with Crippen LogP contribution in [0.3, 0.4) is 0 Å². The lowest BCUT2D eigenvalue weighted by Crippen LogP contribution is -2.16. The molecule has 3 N–H and O–H groups in total. The highest BCUT2D eigenvalue weighted by atomic mass is 16.1. The summed E-state index contributed by atoms with van der Waals surface area (Å²) < 4.78 is 1.84. The first-order valence-corrected chi connectivity index (χ1v) is 8.72. The molecule has 3 rings (SSSR count). The molecule has 0 aliphatic carbocycles. The third-order valence-electron chi connectivity index (χ3n) is 4.29. The van der Waals surface area contributed by atoms with E-state index in [1.54, 1.807) is 12.4 Å². The predicted octanol–water partition coefficient (Wildman–Crippen LogP) is 3.45. The van der Waals surface area contributed by atoms with E-state index in [9.17, 15) is 4.79 Å². The van der Waals surface area contributed by atoms with Gasteiger partial charge in [-0.25, -0.2) is 9.97 Å². The van der Waals surface area contributed by atoms with Gasteiger partial charge in [0, 0.05) is 18.6 Å². The smallest absolute Gasteiger partial charge is 0.278 e. The SMILES string of the molecule is C=C(CC)CC(c1ccccc1)n1cc(NC(=O)c2nccnc2N)cn1. The van der Waals surface area contributed by atoms with Crippen molar-refractivity contribution >= 4 is 17.4 Å². The number of nitrogen functional groups attached to an aromatic ring is 1. The van der Waals surface area contributed by atoms with E-state index >= 15 is 0 Å². The highest BCUT2D eigenvalue weighted by Crippen LogP contribution is 2.27. The Bertz CT molecular complexity index is 934. The van der Waals surface area contributed by atoms with Crippen LogP contribution in [0.25, 0.3) is 0 Å². The number of allylic oxidation sites excluding steroid dienone is 1. The molecule has 0 aliphatic heterocycles. The van der Waals surface area contributed by atoms with Gasteiger partial charge in [0.15, 0.2) is 11.5 Å². The number of nitrogens with zero attached hydrogens (tertiary/aromatic N) is 4. The van der Waals surface area contributed by atoms with Gasteiger partial charge in [0.05, 0.1) is 17.9 Å². The fourth-order valence-corrected chi connectivity index (χ4v) is 2.74. The molecule has 0 saturated carbocycles. The van der Waals surface area contributed by atoms with Crippen molar-refractivity contribution in [2.75, 3.05) is 11.1 Å². The first-order chi connectivity index (χ1) is 13.1. The molecule has 3 aromatic rings. The van der Waals surface area contributed by atoms with Crippen LogP contribution in [0.4, 0.5) is 11.5 Å². The fraction of sp³-hybridized carbons (Fsp3) is 0.200. The summed E-state index contributed by atoms with van der Waals surface area (Å²) in [4.78, 5) is 20.2. The van der Waals surface area contributed by atoms with Gasteiger partial charge in [-0.15, -0.1) is 0 Å². The zero-order valence-corrected chi connectivity index (χ0v) is 15.2. The van der Waals surface area contributed by atoms with Crippen LogP contribution in [0.5, 0.6) is 0 Å². The quantitative estimate of drug-likeness (QED) is 0.627. The Morgan fingerprint density at radius 1 is 1.26 bits per heavy atom. The predicted molar refractivity (Wildman–Crippen MR) is 105 cm³/mol. The highest BCUT2D eigenvalue weighted by molar-refractivity contribution is 6.05. The Balaban J connectivity index is 1.82. The van der Waals surface area contributed by atoms with E-state index in [-0.39, 0.29) is 17.6 Å². The monoisotopic (exact) mass is 362 g/mol. The number of benzene rings is 1. The number of hydrogen-bond donors (Lipinski definition) is 2. The molecule has 1 amide bonds. The van der Waals surface area contributed by atoms with E-state index < -0.39 is 5.91 Å². The van der Waals surface area contributed by atoms with Gasteiger partial charge in [0.2, 0.25) is 0 Å². The Hall–Kier alpha value is -3.48. The molecule has 0 aliphatic rings. The van der Waals surface area contributed by atoms with E-state index in [1.165, 1.54) is 12.4 Å². The Morgan fingerprint density at radius 3 is 2.70 bits per heavy atom. The van der Waals surface area contributed by atoms with E-state index in [2.05, 4.69) is 46.0 Å². The van der Waals surface area contributed by atoms with E-state index in [0.29, 0.717) is 5.69 Å². The molecule has 0 bridgehead atoms. The average molecular weight is 362 g/mol. The lowest BCUT2D eigenvalue weighted by Gasteiger charge is -2.19. The summed E-state index contributed by atoms with van der Waals surface area (Å²) in [6, 6.07) is 10.1. The van der Waals surface area contributed by atoms with Crippen molar-refractivity contribution in [3.05, 3.63) is 78.5 Å². The van der Waals surface area contributed by atoms with Gasteiger partial charge in [0.25, 0.3) is 5.91 Å². The molecule has 0 spiro atoms. The molecule has 138 valence electrons. The molecule has 1 unspecified atom stereocenters. The molecular formula is C20H22N6O. The van der Waals surface area contributed by atoms with Crippen LogP contribution in [0, 0.1) is 0 Å². The van der Waals surface area contributed by atoms with Crippen LogP contribution >= 0.6 is 0 Å². The molecule has 0 fully saturated rings. The zero-order chi connectivity index (χ0) is 19.2. The summed E-state index contributed by atoms with van der Waals surface area (Å²) in [6.07, 6.45) is 7.94. The van der Waals surface area contributed by atoms with Crippen molar-refractivity contribution in [3.8, 4) is 0 Å². The van der Waals surface area contributed by atoms with Crippen molar-refractivity contribution in [3.63, 3.8) is 0 Å². The second-order valence-corrected chi connectivity index (χ2v) is 6.19. The first-order valence-electron chi connectivity index (χ1n) is 8.72. The van der Waals surface area contributed by atoms with Gasteiger partial charge < -0.3 is 11.1 Å². The maximum atomic E-state index is 12.4. The van der Waals surface area contributed by atoms with Crippen molar-refractivity contribution in [2.45, 2.75) is 25.8 Å². The zero-order valence-electron chi connectivity index (χ0n) is 15.2. The van der Waals surface area contributed by atoms with Crippen LogP contribution in [0.15, 0.2) is 67.3 Å². The second-order valence-electron chi connectivity index (χ2n) is 6.19. The minimum Gasteiger partial charge on any atom is -0.382 e. The van der Waals surface area contributed by atoms with Crippen molar-refractivity contribution < 1.29 is 4.79 Å². The van der Waals surface area contributed by atoms with Gasteiger partial charge in [-0.2, -0.15) is 5.10 Å². The van der Waals surface area contributed by atoms with Crippen molar-refractivity contribution in [1.29, 1.82) is 0 Å². The number of hydrogen-bond acceptors (Lipinski definition) is 5. The molecule has 7 nitrogen and oxygen atoms in total. The lowest BCUT2D eigenvalue weighted by atomic mass is 9.99. The van der Waals surface area contributed by atoms with Crippen LogP contribution in [-0.4, -0.2) is 25.7 Å². The van der Waals surface area contributed by atoms with Crippen molar-refractivity contribution in [1.82, 2.24) is 19.7 Å². The summed E-state index contributed by atoms with van der Waals surface area (Å²) in [5, 5.41) is 7.21. The molecule has 1 aromatic carbocycles. The molecule has 27 heavy (non-hydrogen) atoms. The summed E-state index contributed by atoms with van der Waals surface area (Å²) in [7, 11) is 0. The third kappa shape index (κ3) is 4.38. The van der Waals surface area contributed by atoms with Gasteiger partial charge in [0.1, 0.15) is 0 Å². The number of nitrogens with one attached hydrogen (secondary N) is 1. The van der Waals surface area contributed by atoms with Crippen LogP contribution in [-0.2, 0) is 0 Å². The second kappa shape index (κ2) is 8.27. The number of nitrogens with two attached hydrogens (primary N) is 1. The van der Waals surface area contributed by atoms with Crippen LogP contribution in [0.1, 0.15) is 41.9 Å². The number of aromatic nitrogens is 4. The Kier molecular flexibility index (Phi) is 5.61. The van der Waals surface area contributed by atoms with E-state index in [4.69, 9.17) is 5.73 Å². The van der Waals surface area contributed by atoms with Gasteiger partial charge in [-0.05, 0) is 18.4 Å². The number of anilines is 2. The molecule has 0 radical (unpaired) electrons. The minimum absolute atomic E-state index is 0.00545. The molecule has 1 atom stereocenters. The molecule has 2 aromatic heterocycles. The molecular weight excluding hydrogens is 340 g/mol. The largest absolute Gasteiger partial charge is 0.382 e. The third-order valence-corrected chi connectivity index (χ3v) is 4.29. The van der Waals surface area contributed by atoms with Crippen LogP contribution in [0.2, 0.25) is 0 Å². The van der Waals surface area contributed by atoms with Crippen LogP contribution < -0.4 is 11.1 Å². The van der Waals surface area contributed by atoms with Gasteiger partial charge in [-0.3, -0.25) is 9.48 Å². The first kappa shape index (κ1) is 18.3. The van der Waals surface area contributed by atoms with E-state index in [1.807, 2.05) is 22.9 Å². The van der Waals surface area contributed by atoms with Gasteiger partial charge >= 0.3 is 0 Å². The maximum absolute atomic E-state index is 12.4. The highest BCUT2D eigenvalue weighted by Gasteiger charge is 2.18. The molecule has 7 heteroatoms. The normalized spacial score (nSPS) is 11.7. The maximum Gasteiger partial charge on any atom is 0.278 e. The number of carbonyl (C=O) groups excluding carboxylic acids is 1. The summed E-state index contributed by atoms with van der Waals surface area (Å²) >= 11 is 0. The number of amides is 1. The fourth-order valence-electron chi connectivity index (χ4n) is 2.74. The molecule has 0 saturated heterocycles. The van der Waals surface area contributed by atoms with Crippen molar-refractivity contribution in [2.24, 2.45) is 0 Å². The number of rotatable bonds is 7. The minimum atomic E-state index is -0.422. The summed E-state index contributed by atoms with van der Waals surface area (Å²) in [6.45, 7) is 6.22. The van der Waals surface area contributed by atoms with E-state index in [0.717, 1.165) is 24.0 Å². The number of carbonyl (C=O) groups is 1. The topological polar surface area (TPSA) is 98.7 Å².